The molecule has 0 saturated heterocycles. The lowest BCUT2D eigenvalue weighted by Gasteiger charge is -2.24. The molecule has 0 aliphatic carbocycles. The van der Waals surface area contributed by atoms with Gasteiger partial charge in [0.25, 0.3) is 0 Å². The van der Waals surface area contributed by atoms with Crippen molar-refractivity contribution in [2.24, 2.45) is 0 Å². The molecule has 2 unspecified atom stereocenters. The maximum Gasteiger partial charge on any atom is 0.230 e. The number of nitrogen functional groups attached to an aromatic ring is 1. The monoisotopic (exact) mass is 296 g/mol. The average Bonchev–Trinajstić information content (AvgIpc) is 2.38. The highest BCUT2D eigenvalue weighted by molar-refractivity contribution is 7.84. The Bertz CT molecular complexity index is 483. The predicted octanol–water partition coefficient (Wildman–Crippen LogP) is 1.82. The van der Waals surface area contributed by atoms with E-state index < -0.39 is 16.2 Å². The van der Waals surface area contributed by atoms with Crippen molar-refractivity contribution in [3.05, 3.63) is 29.8 Å². The number of hydrogen-bond donors (Lipinski definition) is 2. The van der Waals surface area contributed by atoms with Crippen LogP contribution >= 0.6 is 0 Å². The molecule has 0 fully saturated rings. The van der Waals surface area contributed by atoms with Gasteiger partial charge in [0.1, 0.15) is 0 Å². The van der Waals surface area contributed by atoms with Gasteiger partial charge in [0.15, 0.2) is 0 Å². The van der Waals surface area contributed by atoms with E-state index in [0.29, 0.717) is 18.7 Å². The summed E-state index contributed by atoms with van der Waals surface area (Å²) in [5.41, 5.74) is 6.66. The number of anilines is 1. The zero-order chi connectivity index (χ0) is 15.3. The van der Waals surface area contributed by atoms with Crippen molar-refractivity contribution >= 4 is 22.4 Å². The van der Waals surface area contributed by atoms with Crippen LogP contribution in [0.5, 0.6) is 0 Å². The Balaban J connectivity index is 2.61. The van der Waals surface area contributed by atoms with Gasteiger partial charge < -0.3 is 11.1 Å². The average molecular weight is 296 g/mol. The van der Waals surface area contributed by atoms with Crippen molar-refractivity contribution < 1.29 is 9.00 Å². The highest BCUT2D eigenvalue weighted by Gasteiger charge is 2.29. The van der Waals surface area contributed by atoms with Crippen LogP contribution in [0.25, 0.3) is 0 Å². The van der Waals surface area contributed by atoms with Gasteiger partial charge in [-0.2, -0.15) is 0 Å². The summed E-state index contributed by atoms with van der Waals surface area (Å²) in [5, 5.41) is 3.01. The SMILES string of the molecule is CC(CCNC(=O)C(C)(C)c1ccc(N)cc1)S(C)=O. The van der Waals surface area contributed by atoms with Crippen molar-refractivity contribution in [1.82, 2.24) is 5.32 Å². The number of hydrogen-bond acceptors (Lipinski definition) is 3. The molecule has 0 saturated carbocycles. The summed E-state index contributed by atoms with van der Waals surface area (Å²) in [6.07, 6.45) is 2.40. The first-order valence-electron chi connectivity index (χ1n) is 6.71. The van der Waals surface area contributed by atoms with Crippen LogP contribution in [0.1, 0.15) is 32.8 Å². The van der Waals surface area contributed by atoms with E-state index in [1.165, 1.54) is 0 Å². The highest BCUT2D eigenvalue weighted by atomic mass is 32.2. The van der Waals surface area contributed by atoms with Gasteiger partial charge in [0.05, 0.1) is 5.41 Å². The molecule has 0 aliphatic heterocycles. The van der Waals surface area contributed by atoms with Crippen LogP contribution in [0.15, 0.2) is 24.3 Å². The van der Waals surface area contributed by atoms with E-state index in [-0.39, 0.29) is 11.2 Å². The minimum Gasteiger partial charge on any atom is -0.399 e. The standard InChI is InChI=1S/C15H24N2O2S/c1-11(20(4)19)9-10-17-14(18)15(2,3)12-5-7-13(16)8-6-12/h5-8,11H,9-10,16H2,1-4H3,(H,17,18). The van der Waals surface area contributed by atoms with Gasteiger partial charge in [-0.05, 0) is 38.0 Å². The van der Waals surface area contributed by atoms with E-state index in [4.69, 9.17) is 5.73 Å². The molecule has 0 bridgehead atoms. The zero-order valence-corrected chi connectivity index (χ0v) is 13.4. The molecular formula is C15H24N2O2S. The number of carbonyl (C=O) groups excluding carboxylic acids is 1. The molecule has 5 heteroatoms. The molecule has 1 amide bonds. The van der Waals surface area contributed by atoms with Crippen molar-refractivity contribution in [1.29, 1.82) is 0 Å². The zero-order valence-electron chi connectivity index (χ0n) is 12.6. The molecule has 0 radical (unpaired) electrons. The first-order chi connectivity index (χ1) is 9.25. The van der Waals surface area contributed by atoms with E-state index in [1.807, 2.05) is 32.9 Å². The molecule has 3 N–H and O–H groups in total. The molecule has 1 rings (SSSR count). The van der Waals surface area contributed by atoms with Gasteiger partial charge in [-0.1, -0.05) is 19.1 Å². The highest BCUT2D eigenvalue weighted by Crippen LogP contribution is 2.24. The molecule has 4 nitrogen and oxygen atoms in total. The smallest absolute Gasteiger partial charge is 0.230 e. The Hall–Kier alpha value is -1.36. The summed E-state index contributed by atoms with van der Waals surface area (Å²) in [4.78, 5) is 12.3. The molecule has 2 atom stereocenters. The molecular weight excluding hydrogens is 272 g/mol. The number of carbonyl (C=O) groups is 1. The summed E-state index contributed by atoms with van der Waals surface area (Å²) in [6, 6.07) is 7.34. The molecule has 112 valence electrons. The van der Waals surface area contributed by atoms with E-state index in [0.717, 1.165) is 5.56 Å². The summed E-state index contributed by atoms with van der Waals surface area (Å²) in [6.45, 7) is 6.23. The second-order valence-corrected chi connectivity index (χ2v) is 7.40. The van der Waals surface area contributed by atoms with Crippen molar-refractivity contribution in [3.63, 3.8) is 0 Å². The van der Waals surface area contributed by atoms with Crippen molar-refractivity contribution in [2.75, 3.05) is 18.5 Å². The summed E-state index contributed by atoms with van der Waals surface area (Å²) in [5.74, 6) is -0.0312. The van der Waals surface area contributed by atoms with Gasteiger partial charge in [0.2, 0.25) is 5.91 Å². The van der Waals surface area contributed by atoms with Crippen LogP contribution in [0.3, 0.4) is 0 Å². The molecule has 0 aliphatic rings. The van der Waals surface area contributed by atoms with Gasteiger partial charge >= 0.3 is 0 Å². The Morgan fingerprint density at radius 1 is 1.35 bits per heavy atom. The molecule has 0 heterocycles. The van der Waals surface area contributed by atoms with Crippen LogP contribution in [0.4, 0.5) is 5.69 Å². The van der Waals surface area contributed by atoms with Crippen LogP contribution in [0, 0.1) is 0 Å². The summed E-state index contributed by atoms with van der Waals surface area (Å²) in [7, 11) is -0.850. The largest absolute Gasteiger partial charge is 0.399 e. The lowest BCUT2D eigenvalue weighted by molar-refractivity contribution is -0.125. The summed E-state index contributed by atoms with van der Waals surface area (Å²) >= 11 is 0. The van der Waals surface area contributed by atoms with Gasteiger partial charge in [-0.3, -0.25) is 9.00 Å². The first kappa shape index (κ1) is 16.7. The topological polar surface area (TPSA) is 72.2 Å². The van der Waals surface area contributed by atoms with Crippen molar-refractivity contribution in [3.8, 4) is 0 Å². The Morgan fingerprint density at radius 3 is 2.40 bits per heavy atom. The lowest BCUT2D eigenvalue weighted by atomic mass is 9.83. The molecule has 1 aromatic rings. The third-order valence-electron chi connectivity index (χ3n) is 3.60. The maximum absolute atomic E-state index is 12.3. The number of nitrogens with two attached hydrogens (primary N) is 1. The minimum atomic E-state index is -0.850. The third kappa shape index (κ3) is 4.34. The Kier molecular flexibility index (Phi) is 5.74. The quantitative estimate of drug-likeness (QED) is 0.787. The number of amides is 1. The van der Waals surface area contributed by atoms with Crippen LogP contribution in [-0.4, -0.2) is 28.2 Å². The Morgan fingerprint density at radius 2 is 1.90 bits per heavy atom. The van der Waals surface area contributed by atoms with E-state index >= 15 is 0 Å². The van der Waals surface area contributed by atoms with Crippen LogP contribution in [0.2, 0.25) is 0 Å². The molecule has 1 aromatic carbocycles. The number of benzene rings is 1. The third-order valence-corrected chi connectivity index (χ3v) is 4.97. The molecule has 0 aromatic heterocycles. The lowest BCUT2D eigenvalue weighted by Crippen LogP contribution is -2.41. The fraction of sp³-hybridized carbons (Fsp3) is 0.533. The minimum absolute atomic E-state index is 0.0312. The fourth-order valence-corrected chi connectivity index (χ4v) is 2.26. The molecule has 20 heavy (non-hydrogen) atoms. The number of rotatable bonds is 6. The Labute approximate surface area is 123 Å². The number of nitrogens with one attached hydrogen (secondary N) is 1. The van der Waals surface area contributed by atoms with Crippen LogP contribution < -0.4 is 11.1 Å². The first-order valence-corrected chi connectivity index (χ1v) is 8.34. The fourth-order valence-electron chi connectivity index (χ4n) is 1.81. The normalized spacial score (nSPS) is 14.6. The van der Waals surface area contributed by atoms with Gasteiger partial charge in [0, 0.05) is 34.5 Å². The van der Waals surface area contributed by atoms with Crippen LogP contribution in [-0.2, 0) is 21.0 Å². The maximum atomic E-state index is 12.3. The van der Waals surface area contributed by atoms with E-state index in [1.54, 1.807) is 18.4 Å². The second-order valence-electron chi connectivity index (χ2n) is 5.60. The van der Waals surface area contributed by atoms with Crippen molar-refractivity contribution in [2.45, 2.75) is 37.9 Å². The van der Waals surface area contributed by atoms with E-state index in [2.05, 4.69) is 5.32 Å². The molecule has 0 spiro atoms. The summed E-state index contributed by atoms with van der Waals surface area (Å²) < 4.78 is 11.3. The van der Waals surface area contributed by atoms with Gasteiger partial charge in [-0.25, -0.2) is 0 Å². The van der Waals surface area contributed by atoms with Gasteiger partial charge in [-0.15, -0.1) is 0 Å². The van der Waals surface area contributed by atoms with E-state index in [9.17, 15) is 9.00 Å². The second kappa shape index (κ2) is 6.88. The predicted molar refractivity (Wildman–Crippen MR) is 85.0 cm³/mol.